The van der Waals surface area contributed by atoms with E-state index in [-0.39, 0.29) is 23.7 Å². The topological polar surface area (TPSA) is 49.6 Å². The van der Waals surface area contributed by atoms with Crippen LogP contribution < -0.4 is 4.90 Å². The van der Waals surface area contributed by atoms with Gasteiger partial charge in [-0.05, 0) is 54.8 Å². The summed E-state index contributed by atoms with van der Waals surface area (Å²) in [5.41, 5.74) is -2.58. The Kier molecular flexibility index (Phi) is 7.42. The maximum Gasteiger partial charge on any atom is 0.416 e. The minimum atomic E-state index is -4.94. The average Bonchev–Trinajstić information content (AvgIpc) is 2.88. The van der Waals surface area contributed by atoms with Crippen LogP contribution in [-0.4, -0.2) is 36.0 Å². The highest BCUT2D eigenvalue weighted by atomic mass is 19.4. The van der Waals surface area contributed by atoms with E-state index >= 15 is 0 Å². The fraction of sp³-hybridized carbons (Fsp3) is 0.296. The molecule has 5 nitrogen and oxygen atoms in total. The summed E-state index contributed by atoms with van der Waals surface area (Å²) in [5, 5.41) is 10.9. The summed E-state index contributed by atoms with van der Waals surface area (Å²) in [6, 6.07) is 16.5. The zero-order valence-corrected chi connectivity index (χ0v) is 20.1. The lowest BCUT2D eigenvalue weighted by Crippen LogP contribution is -2.55. The number of benzene rings is 3. The van der Waals surface area contributed by atoms with Crippen molar-refractivity contribution < 1.29 is 31.3 Å². The van der Waals surface area contributed by atoms with Crippen LogP contribution in [0, 0.1) is 17.0 Å². The first kappa shape index (κ1) is 27.4. The predicted octanol–water partition coefficient (Wildman–Crippen LogP) is 6.73. The van der Waals surface area contributed by atoms with Crippen LogP contribution in [0.5, 0.6) is 0 Å². The third-order valence-corrected chi connectivity index (χ3v) is 6.77. The van der Waals surface area contributed by atoms with Crippen molar-refractivity contribution in [2.75, 3.05) is 31.1 Å². The SMILES string of the molecule is [CH2]C(Cc1cc(C(F)(F)F)cc(C(F)(F)F)c1)(c1ccccc1)N1CCN(c2ccc([N+](=O)[O-])cc2)CC1. The molecule has 0 amide bonds. The molecule has 3 aromatic rings. The second kappa shape index (κ2) is 10.3. The molecule has 0 spiro atoms. The Morgan fingerprint density at radius 3 is 1.76 bits per heavy atom. The molecule has 0 saturated carbocycles. The second-order valence-electron chi connectivity index (χ2n) is 9.24. The predicted molar refractivity (Wildman–Crippen MR) is 131 cm³/mol. The first-order valence-electron chi connectivity index (χ1n) is 11.7. The Bertz CT molecular complexity index is 1240. The summed E-state index contributed by atoms with van der Waals surface area (Å²) in [6.45, 7) is 6.14. The van der Waals surface area contributed by atoms with Crippen LogP contribution in [0.3, 0.4) is 0 Å². The van der Waals surface area contributed by atoms with Crippen LogP contribution in [0.1, 0.15) is 22.3 Å². The van der Waals surface area contributed by atoms with E-state index in [4.69, 9.17) is 0 Å². The van der Waals surface area contributed by atoms with E-state index in [0.29, 0.717) is 31.7 Å². The van der Waals surface area contributed by atoms with E-state index < -0.39 is 33.9 Å². The van der Waals surface area contributed by atoms with Gasteiger partial charge in [0.05, 0.1) is 21.6 Å². The fourth-order valence-electron chi connectivity index (χ4n) is 4.78. The highest BCUT2D eigenvalue weighted by molar-refractivity contribution is 5.51. The van der Waals surface area contributed by atoms with Crippen LogP contribution in [0.15, 0.2) is 72.8 Å². The number of nitro groups is 1. The van der Waals surface area contributed by atoms with Crippen LogP contribution in [0.25, 0.3) is 0 Å². The molecule has 1 unspecified atom stereocenters. The van der Waals surface area contributed by atoms with Gasteiger partial charge < -0.3 is 4.90 Å². The maximum absolute atomic E-state index is 13.5. The Hall–Kier alpha value is -3.60. The summed E-state index contributed by atoms with van der Waals surface area (Å²) in [7, 11) is 0. The molecule has 11 heteroatoms. The number of hydrogen-bond donors (Lipinski definition) is 0. The summed E-state index contributed by atoms with van der Waals surface area (Å²) >= 11 is 0. The molecule has 201 valence electrons. The average molecular weight is 536 g/mol. The van der Waals surface area contributed by atoms with Crippen LogP contribution in [0.2, 0.25) is 0 Å². The molecule has 0 bridgehead atoms. The summed E-state index contributed by atoms with van der Waals surface area (Å²) in [6.07, 6.45) is -10.1. The molecule has 1 aliphatic heterocycles. The number of non-ortho nitro benzene ring substituents is 1. The number of nitrogens with zero attached hydrogens (tertiary/aromatic N) is 3. The van der Waals surface area contributed by atoms with Gasteiger partial charge in [0.1, 0.15) is 0 Å². The lowest BCUT2D eigenvalue weighted by molar-refractivity contribution is -0.384. The molecule has 1 atom stereocenters. The zero-order chi connectivity index (χ0) is 27.7. The molecule has 1 fully saturated rings. The maximum atomic E-state index is 13.5. The minimum Gasteiger partial charge on any atom is -0.369 e. The van der Waals surface area contributed by atoms with Gasteiger partial charge in [-0.3, -0.25) is 15.0 Å². The number of rotatable bonds is 6. The molecular formula is C27H24F6N3O2. The van der Waals surface area contributed by atoms with E-state index in [1.807, 2.05) is 9.80 Å². The molecule has 0 aliphatic carbocycles. The Morgan fingerprint density at radius 2 is 1.29 bits per heavy atom. The number of anilines is 1. The lowest BCUT2D eigenvalue weighted by atomic mass is 9.82. The van der Waals surface area contributed by atoms with Crippen LogP contribution in [-0.2, 0) is 24.3 Å². The van der Waals surface area contributed by atoms with Gasteiger partial charge in [-0.25, -0.2) is 0 Å². The molecule has 1 heterocycles. The van der Waals surface area contributed by atoms with Crippen molar-refractivity contribution in [3.63, 3.8) is 0 Å². The van der Waals surface area contributed by atoms with Crippen molar-refractivity contribution in [3.8, 4) is 0 Å². The monoisotopic (exact) mass is 536 g/mol. The number of alkyl halides is 6. The van der Waals surface area contributed by atoms with Crippen molar-refractivity contribution in [3.05, 3.63) is 112 Å². The van der Waals surface area contributed by atoms with E-state index in [2.05, 4.69) is 6.92 Å². The number of halogens is 6. The molecule has 38 heavy (non-hydrogen) atoms. The van der Waals surface area contributed by atoms with E-state index in [1.54, 1.807) is 42.5 Å². The summed E-state index contributed by atoms with van der Waals surface area (Å²) in [4.78, 5) is 14.4. The van der Waals surface area contributed by atoms with Gasteiger partial charge in [0.2, 0.25) is 0 Å². The molecule has 0 aromatic heterocycles. The highest BCUT2D eigenvalue weighted by Crippen LogP contribution is 2.39. The molecule has 4 rings (SSSR count). The number of piperazine rings is 1. The van der Waals surface area contributed by atoms with Crippen molar-refractivity contribution in [2.45, 2.75) is 24.3 Å². The highest BCUT2D eigenvalue weighted by Gasteiger charge is 2.40. The van der Waals surface area contributed by atoms with Crippen LogP contribution in [0.4, 0.5) is 37.7 Å². The number of nitro benzene ring substituents is 1. The largest absolute Gasteiger partial charge is 0.416 e. The Morgan fingerprint density at radius 1 is 0.763 bits per heavy atom. The molecule has 0 N–H and O–H groups in total. The van der Waals surface area contributed by atoms with E-state index in [1.165, 1.54) is 12.1 Å². The van der Waals surface area contributed by atoms with Crippen molar-refractivity contribution >= 4 is 11.4 Å². The first-order valence-corrected chi connectivity index (χ1v) is 11.7. The fourth-order valence-corrected chi connectivity index (χ4v) is 4.78. The van der Waals surface area contributed by atoms with Crippen LogP contribution >= 0.6 is 0 Å². The van der Waals surface area contributed by atoms with Gasteiger partial charge in [0.15, 0.2) is 0 Å². The first-order chi connectivity index (χ1) is 17.8. The molecule has 1 aliphatic rings. The molecule has 3 aromatic carbocycles. The van der Waals surface area contributed by atoms with Crippen molar-refractivity contribution in [1.29, 1.82) is 0 Å². The van der Waals surface area contributed by atoms with Gasteiger partial charge >= 0.3 is 12.4 Å². The molecular weight excluding hydrogens is 512 g/mol. The third kappa shape index (κ3) is 5.93. The normalized spacial score (nSPS) is 16.8. The minimum absolute atomic E-state index is 0.0347. The smallest absolute Gasteiger partial charge is 0.369 e. The van der Waals surface area contributed by atoms with Gasteiger partial charge in [-0.1, -0.05) is 30.3 Å². The number of hydrogen-bond acceptors (Lipinski definition) is 4. The lowest BCUT2D eigenvalue weighted by Gasteiger charge is -2.47. The van der Waals surface area contributed by atoms with Gasteiger partial charge in [0, 0.05) is 44.0 Å². The second-order valence-corrected chi connectivity index (χ2v) is 9.24. The third-order valence-electron chi connectivity index (χ3n) is 6.77. The molecule has 1 saturated heterocycles. The van der Waals surface area contributed by atoms with Crippen molar-refractivity contribution in [2.24, 2.45) is 0 Å². The van der Waals surface area contributed by atoms with Gasteiger partial charge in [-0.15, -0.1) is 0 Å². The van der Waals surface area contributed by atoms with Gasteiger partial charge in [-0.2, -0.15) is 26.3 Å². The van der Waals surface area contributed by atoms with Crippen molar-refractivity contribution in [1.82, 2.24) is 4.90 Å². The Labute approximate surface area is 215 Å². The Balaban J connectivity index is 1.64. The van der Waals surface area contributed by atoms with E-state index in [0.717, 1.165) is 17.8 Å². The summed E-state index contributed by atoms with van der Waals surface area (Å²) < 4.78 is 80.9. The summed E-state index contributed by atoms with van der Waals surface area (Å²) in [5.74, 6) is 0. The molecule has 1 radical (unpaired) electrons. The quantitative estimate of drug-likeness (QED) is 0.199. The van der Waals surface area contributed by atoms with E-state index in [9.17, 15) is 36.5 Å². The van der Waals surface area contributed by atoms with Gasteiger partial charge in [0.25, 0.3) is 5.69 Å². The standard InChI is InChI=1S/C27H24F6N3O2/c1-25(20-5-3-2-4-6-20,18-19-15-21(26(28,29)30)17-22(16-19)27(31,32)33)35-13-11-34(12-14-35)23-7-9-24(10-8-23)36(37)38/h2-10,15-17H,1,11-14,18H2. The zero-order valence-electron chi connectivity index (χ0n) is 20.1.